The molecule has 0 unspecified atom stereocenters. The van der Waals surface area contributed by atoms with Crippen LogP contribution < -0.4 is 9.47 Å². The lowest BCUT2D eigenvalue weighted by molar-refractivity contribution is -0.0292. The highest BCUT2D eigenvalue weighted by atomic mass is 16.5. The van der Waals surface area contributed by atoms with E-state index >= 15 is 0 Å². The maximum Gasteiger partial charge on any atom is 0.161 e. The van der Waals surface area contributed by atoms with Crippen LogP contribution in [0.25, 0.3) is 0 Å². The molecule has 0 aromatic heterocycles. The number of hydrogen-bond acceptors (Lipinski definition) is 4. The van der Waals surface area contributed by atoms with Crippen molar-refractivity contribution in [1.82, 2.24) is 0 Å². The van der Waals surface area contributed by atoms with Crippen LogP contribution >= 0.6 is 0 Å². The molecule has 0 spiro atoms. The summed E-state index contributed by atoms with van der Waals surface area (Å²) in [7, 11) is 0. The maximum absolute atomic E-state index is 6.66. The minimum absolute atomic E-state index is 0.0920. The summed E-state index contributed by atoms with van der Waals surface area (Å²) >= 11 is 0. The summed E-state index contributed by atoms with van der Waals surface area (Å²) in [6.07, 6.45) is 10.1. The van der Waals surface area contributed by atoms with E-state index < -0.39 is 0 Å². The fourth-order valence-corrected chi connectivity index (χ4v) is 6.69. The quantitative estimate of drug-likeness (QED) is 0.302. The first-order chi connectivity index (χ1) is 16.8. The van der Waals surface area contributed by atoms with E-state index in [1.165, 1.54) is 60.8 Å². The van der Waals surface area contributed by atoms with Crippen molar-refractivity contribution in [2.45, 2.75) is 89.6 Å². The standard InChI is InChI=1S/C30H38O4/c1-3-5-7-11-15-31-23-17-21-22(18-24(23)32-16-12-8-6-4-2)30-26-25(29(21)34-30)27-19-13-9-10-14-20(19)28(26)33-27/h9-10,13-14,17-18,25-30H,3-8,11-12,15-16H2,1-2H3/t25-,26+,27+,28-,29+,30-. The maximum atomic E-state index is 6.66. The van der Waals surface area contributed by atoms with Gasteiger partial charge in [0.1, 0.15) is 0 Å². The lowest BCUT2D eigenvalue weighted by Crippen LogP contribution is -2.27. The zero-order valence-corrected chi connectivity index (χ0v) is 20.6. The Hall–Kier alpha value is -2.04. The van der Waals surface area contributed by atoms with E-state index in [0.29, 0.717) is 11.8 Å². The topological polar surface area (TPSA) is 36.9 Å². The van der Waals surface area contributed by atoms with Crippen LogP contribution in [-0.4, -0.2) is 13.2 Å². The van der Waals surface area contributed by atoms with Gasteiger partial charge in [-0.15, -0.1) is 0 Å². The van der Waals surface area contributed by atoms with E-state index in [1.807, 2.05) is 0 Å². The molecule has 6 rings (SSSR count). The van der Waals surface area contributed by atoms with E-state index in [0.717, 1.165) is 37.6 Å². The highest BCUT2D eigenvalue weighted by molar-refractivity contribution is 5.54. The van der Waals surface area contributed by atoms with Crippen molar-refractivity contribution in [1.29, 1.82) is 0 Å². The first kappa shape index (κ1) is 22.4. The molecule has 2 aromatic carbocycles. The second kappa shape index (κ2) is 9.54. The van der Waals surface area contributed by atoms with Gasteiger partial charge in [-0.05, 0) is 47.2 Å². The fourth-order valence-electron chi connectivity index (χ4n) is 6.69. The molecule has 4 heterocycles. The van der Waals surface area contributed by atoms with Gasteiger partial charge in [0, 0.05) is 11.8 Å². The molecule has 0 amide bonds. The third-order valence-corrected chi connectivity index (χ3v) is 8.31. The highest BCUT2D eigenvalue weighted by Crippen LogP contribution is 2.72. The first-order valence-electron chi connectivity index (χ1n) is 13.6. The molecule has 34 heavy (non-hydrogen) atoms. The molecular formula is C30H38O4. The number of benzene rings is 2. The van der Waals surface area contributed by atoms with Gasteiger partial charge >= 0.3 is 0 Å². The van der Waals surface area contributed by atoms with Gasteiger partial charge in [0.25, 0.3) is 0 Å². The van der Waals surface area contributed by atoms with Crippen LogP contribution in [0.5, 0.6) is 11.5 Å². The molecule has 4 aliphatic heterocycles. The summed E-state index contributed by atoms with van der Waals surface area (Å²) < 4.78 is 25.8. The Morgan fingerprint density at radius 2 is 1.03 bits per heavy atom. The largest absolute Gasteiger partial charge is 0.490 e. The van der Waals surface area contributed by atoms with Crippen molar-refractivity contribution in [2.75, 3.05) is 13.2 Å². The highest BCUT2D eigenvalue weighted by Gasteiger charge is 2.65. The zero-order valence-electron chi connectivity index (χ0n) is 20.6. The van der Waals surface area contributed by atoms with Gasteiger partial charge in [-0.2, -0.15) is 0 Å². The summed E-state index contributed by atoms with van der Waals surface area (Å²) in [5.41, 5.74) is 5.32. The van der Waals surface area contributed by atoms with Crippen LogP contribution in [0.3, 0.4) is 0 Å². The minimum Gasteiger partial charge on any atom is -0.490 e. The molecular weight excluding hydrogens is 424 g/mol. The van der Waals surface area contributed by atoms with Crippen LogP contribution in [0.1, 0.15) is 112 Å². The molecule has 0 N–H and O–H groups in total. The lowest BCUT2D eigenvalue weighted by Gasteiger charge is -2.32. The normalized spacial score (nSPS) is 29.2. The average Bonchev–Trinajstić information content (AvgIpc) is 3.61. The van der Waals surface area contributed by atoms with Crippen molar-refractivity contribution in [2.24, 2.45) is 11.8 Å². The number of rotatable bonds is 12. The van der Waals surface area contributed by atoms with Crippen LogP contribution in [-0.2, 0) is 9.47 Å². The summed E-state index contributed by atoms with van der Waals surface area (Å²) in [4.78, 5) is 0. The SMILES string of the molecule is CCCCCCOc1cc2c(cc1OCCCCCC)[C@@H]1O[C@H]2[C@H]2[C@@H]1[C@H]1O[C@@H]2c2ccccc21. The van der Waals surface area contributed by atoms with E-state index in [-0.39, 0.29) is 24.4 Å². The van der Waals surface area contributed by atoms with Gasteiger partial charge in [-0.25, -0.2) is 0 Å². The third kappa shape index (κ3) is 3.65. The molecule has 0 radical (unpaired) electrons. The summed E-state index contributed by atoms with van der Waals surface area (Å²) in [5.74, 6) is 2.58. The van der Waals surface area contributed by atoms with Crippen molar-refractivity contribution in [3.63, 3.8) is 0 Å². The van der Waals surface area contributed by atoms with E-state index in [2.05, 4.69) is 50.2 Å². The Balaban J connectivity index is 1.24. The van der Waals surface area contributed by atoms with Gasteiger partial charge < -0.3 is 18.9 Å². The minimum atomic E-state index is 0.0920. The molecule has 4 aliphatic rings. The van der Waals surface area contributed by atoms with Gasteiger partial charge in [0.2, 0.25) is 0 Å². The Morgan fingerprint density at radius 1 is 0.588 bits per heavy atom. The second-order valence-electron chi connectivity index (χ2n) is 10.5. The van der Waals surface area contributed by atoms with Crippen molar-refractivity contribution in [3.8, 4) is 11.5 Å². The van der Waals surface area contributed by atoms with Crippen molar-refractivity contribution < 1.29 is 18.9 Å². The van der Waals surface area contributed by atoms with Gasteiger partial charge in [-0.3, -0.25) is 0 Å². The van der Waals surface area contributed by atoms with Crippen LogP contribution in [0.15, 0.2) is 36.4 Å². The van der Waals surface area contributed by atoms with Crippen molar-refractivity contribution in [3.05, 3.63) is 58.7 Å². The van der Waals surface area contributed by atoms with E-state index in [4.69, 9.17) is 18.9 Å². The average molecular weight is 463 g/mol. The molecule has 2 fully saturated rings. The Kier molecular flexibility index (Phi) is 6.30. The molecule has 0 saturated carbocycles. The zero-order chi connectivity index (χ0) is 23.1. The molecule has 4 bridgehead atoms. The summed E-state index contributed by atoms with van der Waals surface area (Å²) in [6.45, 7) is 5.97. The van der Waals surface area contributed by atoms with Crippen LogP contribution in [0, 0.1) is 11.8 Å². The van der Waals surface area contributed by atoms with Crippen molar-refractivity contribution >= 4 is 0 Å². The molecule has 6 atom stereocenters. The van der Waals surface area contributed by atoms with E-state index in [1.54, 1.807) is 0 Å². The van der Waals surface area contributed by atoms with E-state index in [9.17, 15) is 0 Å². The molecule has 2 aromatic rings. The fraction of sp³-hybridized carbons (Fsp3) is 0.600. The Labute approximate surface area is 203 Å². The second-order valence-corrected chi connectivity index (χ2v) is 10.5. The number of fused-ring (bicyclic) bond motifs is 15. The first-order valence-corrected chi connectivity index (χ1v) is 13.6. The predicted octanol–water partition coefficient (Wildman–Crippen LogP) is 7.79. The number of ether oxygens (including phenoxy) is 4. The summed E-state index contributed by atoms with van der Waals surface area (Å²) in [6, 6.07) is 13.2. The Bertz CT molecular complexity index is 939. The van der Waals surface area contributed by atoms with Crippen LogP contribution in [0.4, 0.5) is 0 Å². The number of unbranched alkanes of at least 4 members (excludes halogenated alkanes) is 6. The van der Waals surface area contributed by atoms with Gasteiger partial charge in [0.15, 0.2) is 11.5 Å². The van der Waals surface area contributed by atoms with Crippen LogP contribution in [0.2, 0.25) is 0 Å². The Morgan fingerprint density at radius 3 is 1.47 bits per heavy atom. The lowest BCUT2D eigenvalue weighted by atomic mass is 9.67. The third-order valence-electron chi connectivity index (χ3n) is 8.31. The number of hydrogen-bond donors (Lipinski definition) is 0. The molecule has 0 aliphatic carbocycles. The molecule has 4 nitrogen and oxygen atoms in total. The predicted molar refractivity (Wildman–Crippen MR) is 132 cm³/mol. The molecule has 4 heteroatoms. The summed E-state index contributed by atoms with van der Waals surface area (Å²) in [5, 5.41) is 0. The molecule has 182 valence electrons. The monoisotopic (exact) mass is 462 g/mol. The van der Waals surface area contributed by atoms with Gasteiger partial charge in [-0.1, -0.05) is 76.6 Å². The van der Waals surface area contributed by atoms with Gasteiger partial charge in [0.05, 0.1) is 37.6 Å². The smallest absolute Gasteiger partial charge is 0.161 e. The molecule has 2 saturated heterocycles.